The van der Waals surface area contributed by atoms with Gasteiger partial charge in [-0.15, -0.1) is 5.92 Å². The maximum absolute atomic E-state index is 16.4. The molecule has 3 aromatic carbocycles. The van der Waals surface area contributed by atoms with Gasteiger partial charge in [-0.1, -0.05) is 44.0 Å². The van der Waals surface area contributed by atoms with Gasteiger partial charge in [0.25, 0.3) is 11.5 Å². The molecule has 9 rings (SSSR count). The predicted octanol–water partition coefficient (Wildman–Crippen LogP) is 6.69. The van der Waals surface area contributed by atoms with Crippen molar-refractivity contribution >= 4 is 46.6 Å². The number of halogens is 2. The monoisotopic (exact) mass is 1000 g/mol. The number of amides is 3. The Balaban J connectivity index is 0.807. The average Bonchev–Trinajstić information content (AvgIpc) is 3.62. The van der Waals surface area contributed by atoms with Gasteiger partial charge in [-0.3, -0.25) is 14.5 Å². The number of hydrogen-bond donors (Lipinski definition) is 2. The first-order valence-electron chi connectivity index (χ1n) is 23.5. The number of aromatic nitrogens is 2. The second-order valence-corrected chi connectivity index (χ2v) is 18.6. The van der Waals surface area contributed by atoms with E-state index >= 15 is 4.39 Å². The van der Waals surface area contributed by atoms with Crippen molar-refractivity contribution < 1.29 is 52.7 Å². The molecule has 6 heterocycles. The van der Waals surface area contributed by atoms with Crippen molar-refractivity contribution in [1.82, 2.24) is 29.2 Å². The standard InChI is InChI=1S/C53H52ClFN6O11/c1-7-11-30-20-31-23-59-18-19-60(24-32(59)27-69-47(31)45(55)43(30)44-39(54)12-10-13-42(44)63)48(64)29(4)26-71-51(67)57(5)16-17-58(6)52(68)72-53(9-3)38-22-41-46-36(25-61(41)49(65)37(38)28-70-50(53)66)34(8-2)35-21-33(62)14-15-40(35)56-46/h10,12-15,20-22,32,62-63H,4,8-9,16-19,23-28H2,1-3,5-6H3. The first-order chi connectivity index (χ1) is 34.5. The number of phenolic OH excluding ortho intramolecular Hbond substituents is 2. The zero-order valence-corrected chi connectivity index (χ0v) is 41.2. The molecule has 0 spiro atoms. The molecule has 0 radical (unpaired) electrons. The van der Waals surface area contributed by atoms with Gasteiger partial charge in [-0.05, 0) is 67.8 Å². The fourth-order valence-electron chi connectivity index (χ4n) is 10.0. The number of rotatable bonds is 10. The summed E-state index contributed by atoms with van der Waals surface area (Å²) in [6, 6.07) is 12.5. The lowest BCUT2D eigenvalue weighted by atomic mass is 9.85. The smallest absolute Gasteiger partial charge is 0.411 e. The number of nitrogens with zero attached hydrogens (tertiary/aromatic N) is 6. The summed E-state index contributed by atoms with van der Waals surface area (Å²) in [6.07, 6.45) is -1.15. The van der Waals surface area contributed by atoms with Gasteiger partial charge in [0.1, 0.15) is 31.3 Å². The number of carbonyl (C=O) groups is 4. The minimum Gasteiger partial charge on any atom is -0.508 e. The van der Waals surface area contributed by atoms with E-state index in [0.717, 1.165) is 16.5 Å². The number of aryl methyl sites for hydroxylation is 1. The van der Waals surface area contributed by atoms with Crippen LogP contribution in [0, 0.1) is 17.7 Å². The van der Waals surface area contributed by atoms with E-state index < -0.39 is 47.6 Å². The molecular formula is C53H52ClFN6O11. The average molecular weight is 1000 g/mol. The molecule has 0 saturated carbocycles. The van der Waals surface area contributed by atoms with Crippen LogP contribution in [0.15, 0.2) is 65.5 Å². The summed E-state index contributed by atoms with van der Waals surface area (Å²) in [5, 5.41) is 21.8. The quantitative estimate of drug-likeness (QED) is 0.0639. The zero-order valence-electron chi connectivity index (χ0n) is 40.4. The van der Waals surface area contributed by atoms with Crippen LogP contribution in [0.3, 0.4) is 0 Å². The number of benzene rings is 3. The number of likely N-dealkylation sites (N-methyl/N-ethyl adjacent to an activating group) is 2. The number of esters is 1. The first kappa shape index (κ1) is 49.4. The summed E-state index contributed by atoms with van der Waals surface area (Å²) in [6.45, 7) is 9.88. The normalized spacial score (nSPS) is 17.6. The minimum atomic E-state index is -1.97. The Labute approximate surface area is 418 Å². The lowest BCUT2D eigenvalue weighted by Gasteiger charge is -2.40. The number of aromatic hydroxyl groups is 2. The van der Waals surface area contributed by atoms with Gasteiger partial charge in [-0.2, -0.15) is 0 Å². The number of ether oxygens (including phenoxy) is 4. The van der Waals surface area contributed by atoms with Gasteiger partial charge in [0.05, 0.1) is 40.1 Å². The van der Waals surface area contributed by atoms with Crippen molar-refractivity contribution in [2.75, 3.05) is 60.0 Å². The number of cyclic esters (lactones) is 1. The highest BCUT2D eigenvalue weighted by Gasteiger charge is 2.51. The van der Waals surface area contributed by atoms with Crippen molar-refractivity contribution in [3.63, 3.8) is 0 Å². The Hall–Kier alpha value is -7.62. The molecule has 2 aromatic heterocycles. The summed E-state index contributed by atoms with van der Waals surface area (Å²) >= 11 is 6.44. The van der Waals surface area contributed by atoms with E-state index in [1.54, 1.807) is 65.8 Å². The van der Waals surface area contributed by atoms with Gasteiger partial charge in [0.15, 0.2) is 11.6 Å². The van der Waals surface area contributed by atoms with E-state index in [1.807, 2.05) is 6.92 Å². The van der Waals surface area contributed by atoms with E-state index in [0.29, 0.717) is 54.1 Å². The predicted molar refractivity (Wildman–Crippen MR) is 263 cm³/mol. The van der Waals surface area contributed by atoms with Gasteiger partial charge < -0.3 is 48.4 Å². The van der Waals surface area contributed by atoms with Crippen LogP contribution in [0.2, 0.25) is 5.02 Å². The molecule has 1 saturated heterocycles. The topological polar surface area (TPSA) is 194 Å². The third kappa shape index (κ3) is 8.59. The highest BCUT2D eigenvalue weighted by molar-refractivity contribution is 6.33. The molecule has 72 heavy (non-hydrogen) atoms. The van der Waals surface area contributed by atoms with E-state index in [2.05, 4.69) is 23.3 Å². The first-order valence-corrected chi connectivity index (χ1v) is 23.9. The SMILES string of the molecule is C=C(COC(=O)N(C)CCN(C)C(=O)OC1(CC)C(=O)OCc2c1cc1n(c2=O)Cc2c-1nc1ccc(O)cc1c2CC)C(=O)N1CCN2Cc3cc(C#CC)c(-c4c(O)cccc4Cl)c(F)c3OCC2C1. The Bertz CT molecular complexity index is 3240. The van der Waals surface area contributed by atoms with E-state index in [9.17, 15) is 34.2 Å². The second kappa shape index (κ2) is 19.5. The Morgan fingerprint density at radius 2 is 1.76 bits per heavy atom. The number of piperazine rings is 1. The second-order valence-electron chi connectivity index (χ2n) is 18.2. The van der Waals surface area contributed by atoms with Gasteiger partial charge >= 0.3 is 18.2 Å². The molecule has 3 amide bonds. The summed E-state index contributed by atoms with van der Waals surface area (Å²) in [5.74, 6) is 3.70. The van der Waals surface area contributed by atoms with Crippen molar-refractivity contribution in [3.05, 3.63) is 115 Å². The molecule has 4 aliphatic heterocycles. The highest BCUT2D eigenvalue weighted by atomic mass is 35.5. The van der Waals surface area contributed by atoms with Gasteiger partial charge in [0, 0.05) is 97.7 Å². The van der Waals surface area contributed by atoms with Crippen molar-refractivity contribution in [1.29, 1.82) is 0 Å². The molecule has 4 aliphatic rings. The molecule has 2 unspecified atom stereocenters. The molecule has 0 bridgehead atoms. The number of carbonyl (C=O) groups excluding carboxylic acids is 4. The van der Waals surface area contributed by atoms with Gasteiger partial charge in [-0.25, -0.2) is 23.8 Å². The molecule has 17 nitrogen and oxygen atoms in total. The third-order valence-electron chi connectivity index (χ3n) is 13.9. The van der Waals surface area contributed by atoms with E-state index in [1.165, 1.54) is 30.0 Å². The van der Waals surface area contributed by atoms with Crippen molar-refractivity contribution in [2.24, 2.45) is 0 Å². The molecule has 5 aromatic rings. The zero-order chi connectivity index (χ0) is 51.3. The molecule has 374 valence electrons. The van der Waals surface area contributed by atoms with Crippen LogP contribution < -0.4 is 10.3 Å². The Morgan fingerprint density at radius 1 is 1.00 bits per heavy atom. The molecule has 0 aliphatic carbocycles. The summed E-state index contributed by atoms with van der Waals surface area (Å²) in [5.41, 5.74) is 2.49. The largest absolute Gasteiger partial charge is 0.508 e. The Morgan fingerprint density at radius 3 is 2.49 bits per heavy atom. The molecule has 2 atom stereocenters. The lowest BCUT2D eigenvalue weighted by Crippen LogP contribution is -2.56. The fourth-order valence-corrected chi connectivity index (χ4v) is 10.3. The Kier molecular flexibility index (Phi) is 13.4. The van der Waals surface area contributed by atoms with Crippen LogP contribution in [-0.2, 0) is 55.5 Å². The lowest BCUT2D eigenvalue weighted by molar-refractivity contribution is -0.173. The van der Waals surface area contributed by atoms with Crippen molar-refractivity contribution in [2.45, 2.75) is 65.0 Å². The van der Waals surface area contributed by atoms with Crippen LogP contribution in [-0.4, -0.2) is 130 Å². The van der Waals surface area contributed by atoms with Crippen LogP contribution in [0.25, 0.3) is 33.4 Å². The highest BCUT2D eigenvalue weighted by Crippen LogP contribution is 2.45. The number of pyridine rings is 2. The molecular weight excluding hydrogens is 951 g/mol. The van der Waals surface area contributed by atoms with Crippen LogP contribution in [0.4, 0.5) is 14.0 Å². The van der Waals surface area contributed by atoms with Crippen LogP contribution >= 0.6 is 11.6 Å². The van der Waals surface area contributed by atoms with Crippen LogP contribution in [0.1, 0.15) is 60.6 Å². The number of hydrogen-bond acceptors (Lipinski definition) is 13. The molecule has 19 heteroatoms. The summed E-state index contributed by atoms with van der Waals surface area (Å²) in [7, 11) is 2.89. The number of phenols is 2. The third-order valence-corrected chi connectivity index (χ3v) is 14.2. The van der Waals surface area contributed by atoms with Crippen LogP contribution in [0.5, 0.6) is 17.2 Å². The van der Waals surface area contributed by atoms with E-state index in [4.69, 9.17) is 35.5 Å². The fraction of sp³-hybridized carbons (Fsp3) is 0.358. The summed E-state index contributed by atoms with van der Waals surface area (Å²) in [4.78, 5) is 79.4. The molecule has 1 fully saturated rings. The maximum atomic E-state index is 16.4. The van der Waals surface area contributed by atoms with E-state index in [-0.39, 0.29) is 102 Å². The van der Waals surface area contributed by atoms with Gasteiger partial charge in [0.2, 0.25) is 5.60 Å². The minimum absolute atomic E-state index is 0.0147. The number of fused-ring (bicyclic) bond motifs is 7. The molecule has 2 N–H and O–H groups in total. The maximum Gasteiger partial charge on any atom is 0.411 e. The summed E-state index contributed by atoms with van der Waals surface area (Å²) < 4.78 is 41.1. The van der Waals surface area contributed by atoms with Crippen molar-refractivity contribution in [3.8, 4) is 51.6 Å².